The van der Waals surface area contributed by atoms with Gasteiger partial charge in [0, 0.05) is 23.9 Å². The summed E-state index contributed by atoms with van der Waals surface area (Å²) in [6.07, 6.45) is 10.7. The molecule has 1 heterocycles. The topological polar surface area (TPSA) is 90.5 Å². The van der Waals surface area contributed by atoms with E-state index in [-0.39, 0.29) is 45.2 Å². The first-order chi connectivity index (χ1) is 24.7. The number of hydrogen-bond acceptors (Lipinski definition) is 4. The number of allylic oxidation sites excluding steroid dienone is 2. The number of fused-ring (bicyclic) bond motifs is 7. The summed E-state index contributed by atoms with van der Waals surface area (Å²) in [7, 11) is 2.12. The first kappa shape index (κ1) is 38.2. The molecule has 1 aromatic heterocycles. The molecule has 4 fully saturated rings. The maximum atomic E-state index is 13.8. The Morgan fingerprint density at radius 1 is 0.906 bits per heavy atom. The van der Waals surface area contributed by atoms with E-state index in [9.17, 15) is 19.5 Å². The Kier molecular flexibility index (Phi) is 9.17. The van der Waals surface area contributed by atoms with Crippen molar-refractivity contribution >= 4 is 11.9 Å². The summed E-state index contributed by atoms with van der Waals surface area (Å²) in [6, 6.07) is 12.3. The molecule has 1 aromatic carbocycles. The van der Waals surface area contributed by atoms with E-state index in [4.69, 9.17) is 4.74 Å². The molecule has 2 aromatic rings. The summed E-state index contributed by atoms with van der Waals surface area (Å²) in [5, 5.41) is 9.64. The van der Waals surface area contributed by atoms with E-state index in [1.165, 1.54) is 31.4 Å². The fraction of sp³-hybridized carbons (Fsp3) is 0.717. The number of carboxylic acid groups (broad SMARTS) is 1. The van der Waals surface area contributed by atoms with E-state index >= 15 is 0 Å². The summed E-state index contributed by atoms with van der Waals surface area (Å²) in [5.41, 5.74) is 4.82. The molecule has 0 radical (unpaired) electrons. The minimum atomic E-state index is -1.15. The Hall–Kier alpha value is -3.09. The molecular formula is C46H66N2O5. The van der Waals surface area contributed by atoms with Crippen molar-refractivity contribution in [3.8, 4) is 0 Å². The van der Waals surface area contributed by atoms with Crippen molar-refractivity contribution in [1.29, 1.82) is 0 Å². The molecule has 0 saturated heterocycles. The largest absolute Gasteiger partial charge is 0.481 e. The van der Waals surface area contributed by atoms with Crippen LogP contribution >= 0.6 is 0 Å². The van der Waals surface area contributed by atoms with Crippen LogP contribution in [0, 0.1) is 50.7 Å². The molecule has 0 aliphatic heterocycles. The average Bonchev–Trinajstić information content (AvgIpc) is 3.61. The number of aliphatic carboxylic acids is 1. The second kappa shape index (κ2) is 12.7. The van der Waals surface area contributed by atoms with Gasteiger partial charge in [-0.15, -0.1) is 0 Å². The van der Waals surface area contributed by atoms with Gasteiger partial charge in [-0.3, -0.25) is 19.1 Å². The standard InChI is InChI=1S/C46H66N2O5/c1-29(2)31-18-23-46(35-26-37(49)48(47(35)10)28-30-14-12-11-13-15-30)25-24-44(8)32(39(31)46)16-17-34-43(7)21-20-36(53-38(50)27-41(3,4)40(51)52)42(5,6)33(43)19-22-45(34,44)9/h11-15,26,29,32-34,36H,16-25,27-28H2,1-10H3,(H,51,52). The van der Waals surface area contributed by atoms with E-state index in [1.807, 2.05) is 16.8 Å². The molecule has 8 unspecified atom stereocenters. The summed E-state index contributed by atoms with van der Waals surface area (Å²) in [4.78, 5) is 38.7. The predicted molar refractivity (Wildman–Crippen MR) is 209 cm³/mol. The number of carboxylic acids is 1. The number of ether oxygens (including phenoxy) is 1. The van der Waals surface area contributed by atoms with Crippen LogP contribution in [0.15, 0.2) is 52.3 Å². The molecule has 290 valence electrons. The monoisotopic (exact) mass is 726 g/mol. The van der Waals surface area contributed by atoms with Crippen molar-refractivity contribution in [2.75, 3.05) is 0 Å². The van der Waals surface area contributed by atoms with Gasteiger partial charge in [-0.05, 0) is 124 Å². The molecule has 7 heteroatoms. The highest BCUT2D eigenvalue weighted by Crippen LogP contribution is 2.77. The van der Waals surface area contributed by atoms with Crippen LogP contribution in [0.2, 0.25) is 0 Å². The van der Waals surface area contributed by atoms with Crippen LogP contribution in [0.25, 0.3) is 0 Å². The number of hydrogen-bond donors (Lipinski definition) is 1. The van der Waals surface area contributed by atoms with Crippen molar-refractivity contribution in [3.05, 3.63) is 69.2 Å². The quantitative estimate of drug-likeness (QED) is 0.216. The maximum Gasteiger partial charge on any atom is 0.309 e. The Morgan fingerprint density at radius 3 is 2.26 bits per heavy atom. The van der Waals surface area contributed by atoms with Crippen molar-refractivity contribution in [2.24, 2.45) is 57.8 Å². The van der Waals surface area contributed by atoms with Gasteiger partial charge in [0.1, 0.15) is 6.10 Å². The maximum absolute atomic E-state index is 13.8. The van der Waals surface area contributed by atoms with Crippen LogP contribution in [-0.2, 0) is 33.3 Å². The van der Waals surface area contributed by atoms with E-state index in [1.54, 1.807) is 25.0 Å². The van der Waals surface area contributed by atoms with Crippen molar-refractivity contribution in [2.45, 2.75) is 151 Å². The van der Waals surface area contributed by atoms with E-state index in [2.05, 4.69) is 84.5 Å². The van der Waals surface area contributed by atoms with Gasteiger partial charge < -0.3 is 9.84 Å². The van der Waals surface area contributed by atoms with E-state index in [0.717, 1.165) is 44.1 Å². The summed E-state index contributed by atoms with van der Waals surface area (Å²) in [6.45, 7) is 21.1. The average molecular weight is 727 g/mol. The fourth-order valence-electron chi connectivity index (χ4n) is 13.8. The normalized spacial score (nSPS) is 36.4. The van der Waals surface area contributed by atoms with Crippen LogP contribution in [0.3, 0.4) is 0 Å². The molecule has 7 rings (SSSR count). The van der Waals surface area contributed by atoms with E-state index < -0.39 is 17.4 Å². The number of esters is 1. The highest BCUT2D eigenvalue weighted by atomic mass is 16.5. The second-order valence-electron chi connectivity index (χ2n) is 20.4. The van der Waals surface area contributed by atoms with Gasteiger partial charge in [-0.2, -0.15) is 0 Å². The smallest absolute Gasteiger partial charge is 0.309 e. The lowest BCUT2D eigenvalue weighted by atomic mass is 9.33. The molecule has 7 nitrogen and oxygen atoms in total. The fourth-order valence-corrected chi connectivity index (χ4v) is 13.8. The van der Waals surface area contributed by atoms with Crippen LogP contribution < -0.4 is 5.56 Å². The number of rotatable bonds is 8. The number of benzene rings is 1. The molecule has 0 bridgehead atoms. The first-order valence-corrected chi connectivity index (χ1v) is 20.7. The number of nitrogens with zero attached hydrogens (tertiary/aromatic N) is 2. The third-order valence-electron chi connectivity index (χ3n) is 16.9. The minimum absolute atomic E-state index is 0.0942. The van der Waals surface area contributed by atoms with Crippen LogP contribution in [0.5, 0.6) is 0 Å². The zero-order chi connectivity index (χ0) is 38.5. The number of carbonyl (C=O) groups excluding carboxylic acids is 1. The Morgan fingerprint density at radius 2 is 1.60 bits per heavy atom. The molecule has 0 amide bonds. The lowest BCUT2D eigenvalue weighted by Gasteiger charge is -2.72. The van der Waals surface area contributed by atoms with Gasteiger partial charge in [0.25, 0.3) is 5.56 Å². The van der Waals surface area contributed by atoms with Gasteiger partial charge in [0.2, 0.25) is 0 Å². The molecule has 53 heavy (non-hydrogen) atoms. The molecule has 1 N–H and O–H groups in total. The SMILES string of the molecule is CC(C)C1=C2C3CCC4C5(C)CCC(OC(=O)CC(C)(C)C(=O)O)C(C)(C)C5CCC4(C)C3(C)CCC2(c2cc(=O)n(Cc3ccccc3)n2C)CC1. The second-order valence-corrected chi connectivity index (χ2v) is 20.4. The summed E-state index contributed by atoms with van der Waals surface area (Å²) in [5.74, 6) is 0.609. The molecule has 4 saturated carbocycles. The lowest BCUT2D eigenvalue weighted by Crippen LogP contribution is -2.66. The Labute approximate surface area is 317 Å². The van der Waals surface area contributed by atoms with Crippen molar-refractivity contribution in [3.63, 3.8) is 0 Å². The van der Waals surface area contributed by atoms with Crippen molar-refractivity contribution < 1.29 is 19.4 Å². The van der Waals surface area contributed by atoms with Crippen LogP contribution in [0.4, 0.5) is 0 Å². The molecular weight excluding hydrogens is 661 g/mol. The first-order valence-electron chi connectivity index (χ1n) is 20.7. The zero-order valence-corrected chi connectivity index (χ0v) is 34.3. The van der Waals surface area contributed by atoms with Crippen LogP contribution in [-0.4, -0.2) is 32.5 Å². The van der Waals surface area contributed by atoms with Gasteiger partial charge in [0.15, 0.2) is 0 Å². The van der Waals surface area contributed by atoms with Gasteiger partial charge in [-0.25, -0.2) is 4.68 Å². The van der Waals surface area contributed by atoms with Gasteiger partial charge in [-0.1, -0.05) is 89.9 Å². The summed E-state index contributed by atoms with van der Waals surface area (Å²) < 4.78 is 10.4. The Balaban J connectivity index is 1.20. The predicted octanol–water partition coefficient (Wildman–Crippen LogP) is 9.70. The lowest BCUT2D eigenvalue weighted by molar-refractivity contribution is -0.232. The third-order valence-corrected chi connectivity index (χ3v) is 16.9. The molecule has 0 spiro atoms. The molecule has 5 aliphatic rings. The van der Waals surface area contributed by atoms with Crippen molar-refractivity contribution in [1.82, 2.24) is 9.36 Å². The molecule has 8 atom stereocenters. The van der Waals surface area contributed by atoms with Gasteiger partial charge in [0.05, 0.1) is 24.1 Å². The van der Waals surface area contributed by atoms with Crippen LogP contribution in [0.1, 0.15) is 144 Å². The highest BCUT2D eigenvalue weighted by molar-refractivity contribution is 5.81. The van der Waals surface area contributed by atoms with E-state index in [0.29, 0.717) is 30.2 Å². The molecule has 5 aliphatic carbocycles. The minimum Gasteiger partial charge on any atom is -0.481 e. The highest BCUT2D eigenvalue weighted by Gasteiger charge is 2.70. The third kappa shape index (κ3) is 5.58. The zero-order valence-electron chi connectivity index (χ0n) is 34.3. The summed E-state index contributed by atoms with van der Waals surface area (Å²) >= 11 is 0. The number of carbonyl (C=O) groups is 2. The Bertz CT molecular complexity index is 1860. The number of aromatic nitrogens is 2. The van der Waals surface area contributed by atoms with Gasteiger partial charge >= 0.3 is 11.9 Å².